The zero-order chi connectivity index (χ0) is 11.1. The Labute approximate surface area is 88.0 Å². The fourth-order valence-corrected chi connectivity index (χ4v) is 1.50. The van der Waals surface area contributed by atoms with Crippen molar-refractivity contribution in [3.05, 3.63) is 11.6 Å². The average Bonchev–Trinajstić information content (AvgIpc) is 2.21. The summed E-state index contributed by atoms with van der Waals surface area (Å²) < 4.78 is 0. The quantitative estimate of drug-likeness (QED) is 0.592. The molecule has 0 aromatic heterocycles. The molecule has 1 aliphatic rings. The summed E-state index contributed by atoms with van der Waals surface area (Å²) in [6.07, 6.45) is 3.24. The Morgan fingerprint density at radius 1 is 1.43 bits per heavy atom. The highest BCUT2D eigenvalue weighted by atomic mass is 16.2. The predicted octanol–water partition coefficient (Wildman–Crippen LogP) is 2.85. The standard InChI is InChI=1S/C10H17NO.C2H6/c1-8(2)10-4-6-11(7-5-10)9(3)12;1-2/h4,8H,5-7H2,1-3H3;1-2H3. The second kappa shape index (κ2) is 6.63. The lowest BCUT2D eigenvalue weighted by Gasteiger charge is -2.26. The van der Waals surface area contributed by atoms with Gasteiger partial charge in [0, 0.05) is 20.0 Å². The van der Waals surface area contributed by atoms with Gasteiger partial charge in [-0.2, -0.15) is 0 Å². The van der Waals surface area contributed by atoms with E-state index < -0.39 is 0 Å². The van der Waals surface area contributed by atoms with Crippen molar-refractivity contribution in [1.29, 1.82) is 0 Å². The molecule has 0 aliphatic carbocycles. The highest BCUT2D eigenvalue weighted by Gasteiger charge is 2.14. The van der Waals surface area contributed by atoms with Crippen molar-refractivity contribution in [3.8, 4) is 0 Å². The van der Waals surface area contributed by atoms with Crippen LogP contribution in [0.5, 0.6) is 0 Å². The van der Waals surface area contributed by atoms with Crippen LogP contribution in [0.1, 0.15) is 41.0 Å². The van der Waals surface area contributed by atoms with Crippen molar-refractivity contribution >= 4 is 5.91 Å². The van der Waals surface area contributed by atoms with Gasteiger partial charge < -0.3 is 4.90 Å². The topological polar surface area (TPSA) is 20.3 Å². The van der Waals surface area contributed by atoms with Crippen LogP contribution in [0.15, 0.2) is 11.6 Å². The maximum Gasteiger partial charge on any atom is 0.219 e. The van der Waals surface area contributed by atoms with Gasteiger partial charge in [-0.1, -0.05) is 39.3 Å². The normalized spacial score (nSPS) is 15.9. The van der Waals surface area contributed by atoms with Crippen LogP contribution in [0.3, 0.4) is 0 Å². The summed E-state index contributed by atoms with van der Waals surface area (Å²) in [7, 11) is 0. The molecule has 0 N–H and O–H groups in total. The molecule has 0 fully saturated rings. The molecule has 0 atom stereocenters. The van der Waals surface area contributed by atoms with E-state index in [0.29, 0.717) is 5.92 Å². The third-order valence-electron chi connectivity index (χ3n) is 2.43. The molecule has 0 saturated carbocycles. The van der Waals surface area contributed by atoms with Gasteiger partial charge >= 0.3 is 0 Å². The van der Waals surface area contributed by atoms with E-state index in [0.717, 1.165) is 19.5 Å². The fraction of sp³-hybridized carbons (Fsp3) is 0.750. The zero-order valence-electron chi connectivity index (χ0n) is 10.1. The van der Waals surface area contributed by atoms with E-state index in [-0.39, 0.29) is 5.91 Å². The Balaban J connectivity index is 0.000000791. The molecule has 1 rings (SSSR count). The van der Waals surface area contributed by atoms with Crippen LogP contribution in [0, 0.1) is 5.92 Å². The molecule has 2 nitrogen and oxygen atoms in total. The van der Waals surface area contributed by atoms with Crippen molar-refractivity contribution in [2.45, 2.75) is 41.0 Å². The fourth-order valence-electron chi connectivity index (χ4n) is 1.50. The second-order valence-electron chi connectivity index (χ2n) is 3.65. The minimum atomic E-state index is 0.189. The van der Waals surface area contributed by atoms with Gasteiger partial charge in [0.15, 0.2) is 0 Å². The SMILES string of the molecule is CC.CC(=O)N1CC=C(C(C)C)CC1. The molecule has 0 aromatic rings. The molecular weight excluding hydrogens is 174 g/mol. The van der Waals surface area contributed by atoms with E-state index >= 15 is 0 Å². The monoisotopic (exact) mass is 197 g/mol. The molecule has 0 radical (unpaired) electrons. The Hall–Kier alpha value is -0.790. The van der Waals surface area contributed by atoms with Gasteiger partial charge in [-0.15, -0.1) is 0 Å². The molecule has 1 amide bonds. The summed E-state index contributed by atoms with van der Waals surface area (Å²) in [4.78, 5) is 12.9. The van der Waals surface area contributed by atoms with Crippen molar-refractivity contribution in [1.82, 2.24) is 4.90 Å². The summed E-state index contributed by atoms with van der Waals surface area (Å²) in [6.45, 7) is 11.8. The van der Waals surface area contributed by atoms with E-state index in [4.69, 9.17) is 0 Å². The molecule has 0 unspecified atom stereocenters. The van der Waals surface area contributed by atoms with E-state index in [1.54, 1.807) is 6.92 Å². The van der Waals surface area contributed by atoms with Crippen molar-refractivity contribution in [2.24, 2.45) is 5.92 Å². The minimum Gasteiger partial charge on any atom is -0.339 e. The molecule has 1 heterocycles. The molecule has 0 saturated heterocycles. The lowest BCUT2D eigenvalue weighted by molar-refractivity contribution is -0.128. The van der Waals surface area contributed by atoms with Crippen molar-refractivity contribution in [3.63, 3.8) is 0 Å². The van der Waals surface area contributed by atoms with Crippen LogP contribution in [-0.4, -0.2) is 23.9 Å². The lowest BCUT2D eigenvalue weighted by atomic mass is 9.97. The van der Waals surface area contributed by atoms with Crippen molar-refractivity contribution < 1.29 is 4.79 Å². The largest absolute Gasteiger partial charge is 0.339 e. The van der Waals surface area contributed by atoms with Gasteiger partial charge in [-0.05, 0) is 12.3 Å². The smallest absolute Gasteiger partial charge is 0.219 e. The molecule has 0 aromatic carbocycles. The van der Waals surface area contributed by atoms with Gasteiger partial charge in [0.2, 0.25) is 5.91 Å². The first-order chi connectivity index (χ1) is 6.61. The van der Waals surface area contributed by atoms with Crippen LogP contribution in [0.2, 0.25) is 0 Å². The molecular formula is C12H23NO. The summed E-state index contributed by atoms with van der Waals surface area (Å²) in [5.74, 6) is 0.827. The first-order valence-electron chi connectivity index (χ1n) is 5.55. The van der Waals surface area contributed by atoms with E-state index in [9.17, 15) is 4.79 Å². The Kier molecular flexibility index (Phi) is 6.26. The van der Waals surface area contributed by atoms with Crippen LogP contribution >= 0.6 is 0 Å². The number of nitrogens with zero attached hydrogens (tertiary/aromatic N) is 1. The Morgan fingerprint density at radius 2 is 2.00 bits per heavy atom. The third kappa shape index (κ3) is 3.95. The number of carbonyl (C=O) groups excluding carboxylic acids is 1. The van der Waals surface area contributed by atoms with Crippen LogP contribution in [-0.2, 0) is 4.79 Å². The van der Waals surface area contributed by atoms with E-state index in [1.807, 2.05) is 18.7 Å². The molecule has 0 bridgehead atoms. The number of amides is 1. The van der Waals surface area contributed by atoms with E-state index in [2.05, 4.69) is 19.9 Å². The summed E-state index contributed by atoms with van der Waals surface area (Å²) in [5.41, 5.74) is 1.49. The molecule has 1 aliphatic heterocycles. The number of hydrogen-bond acceptors (Lipinski definition) is 1. The summed E-state index contributed by atoms with van der Waals surface area (Å²) in [6, 6.07) is 0. The highest BCUT2D eigenvalue weighted by molar-refractivity contribution is 5.73. The van der Waals surface area contributed by atoms with E-state index in [1.165, 1.54) is 5.57 Å². The summed E-state index contributed by atoms with van der Waals surface area (Å²) in [5, 5.41) is 0. The third-order valence-corrected chi connectivity index (χ3v) is 2.43. The predicted molar refractivity (Wildman–Crippen MR) is 61.1 cm³/mol. The molecule has 2 heteroatoms. The average molecular weight is 197 g/mol. The number of hydrogen-bond donors (Lipinski definition) is 0. The maximum absolute atomic E-state index is 11.0. The van der Waals surface area contributed by atoms with Crippen LogP contribution in [0.4, 0.5) is 0 Å². The Bertz CT molecular complexity index is 206. The molecule has 0 spiro atoms. The number of rotatable bonds is 1. The minimum absolute atomic E-state index is 0.189. The lowest BCUT2D eigenvalue weighted by Crippen LogP contribution is -2.33. The van der Waals surface area contributed by atoms with Crippen LogP contribution in [0.25, 0.3) is 0 Å². The zero-order valence-corrected chi connectivity index (χ0v) is 10.1. The highest BCUT2D eigenvalue weighted by Crippen LogP contribution is 2.18. The van der Waals surface area contributed by atoms with Gasteiger partial charge in [-0.25, -0.2) is 0 Å². The maximum atomic E-state index is 11.0. The van der Waals surface area contributed by atoms with Gasteiger partial charge in [0.25, 0.3) is 0 Å². The Morgan fingerprint density at radius 3 is 2.29 bits per heavy atom. The van der Waals surface area contributed by atoms with Crippen molar-refractivity contribution in [2.75, 3.05) is 13.1 Å². The second-order valence-corrected chi connectivity index (χ2v) is 3.65. The first kappa shape index (κ1) is 13.2. The first-order valence-corrected chi connectivity index (χ1v) is 5.55. The molecule has 82 valence electrons. The van der Waals surface area contributed by atoms with Crippen LogP contribution < -0.4 is 0 Å². The van der Waals surface area contributed by atoms with Gasteiger partial charge in [-0.3, -0.25) is 4.79 Å². The summed E-state index contributed by atoms with van der Waals surface area (Å²) >= 11 is 0. The van der Waals surface area contributed by atoms with Gasteiger partial charge in [0.05, 0.1) is 0 Å². The number of carbonyl (C=O) groups is 1. The van der Waals surface area contributed by atoms with Gasteiger partial charge in [0.1, 0.15) is 0 Å². The molecule has 14 heavy (non-hydrogen) atoms.